The molecule has 0 bridgehead atoms. The van der Waals surface area contributed by atoms with E-state index >= 15 is 0 Å². The zero-order chi connectivity index (χ0) is 10.4. The van der Waals surface area contributed by atoms with Gasteiger partial charge < -0.3 is 15.4 Å². The Bertz CT molecular complexity index is 269. The average Bonchev–Trinajstić information content (AvgIpc) is 2.25. The number of aromatic nitrogens is 3. The van der Waals surface area contributed by atoms with E-state index in [9.17, 15) is 0 Å². The van der Waals surface area contributed by atoms with E-state index in [1.54, 1.807) is 7.05 Å². The molecule has 0 unspecified atom stereocenters. The van der Waals surface area contributed by atoms with Gasteiger partial charge in [0.1, 0.15) is 0 Å². The van der Waals surface area contributed by atoms with Crippen LogP contribution in [0.3, 0.4) is 0 Å². The highest BCUT2D eigenvalue weighted by molar-refractivity contribution is 5.35. The number of hydrogen-bond donors (Lipinski definition) is 2. The van der Waals surface area contributed by atoms with Gasteiger partial charge in [0.25, 0.3) is 0 Å². The van der Waals surface area contributed by atoms with Crippen molar-refractivity contribution in [2.75, 3.05) is 31.3 Å². The first-order chi connectivity index (χ1) is 6.80. The quantitative estimate of drug-likeness (QED) is 0.725. The Morgan fingerprint density at radius 3 is 2.50 bits per heavy atom. The smallest absolute Gasteiger partial charge is 0.322 e. The maximum atomic E-state index is 4.94. The van der Waals surface area contributed by atoms with E-state index in [1.165, 1.54) is 7.11 Å². The molecule has 78 valence electrons. The molecule has 6 nitrogen and oxygen atoms in total. The van der Waals surface area contributed by atoms with Gasteiger partial charge in [-0.3, -0.25) is 0 Å². The van der Waals surface area contributed by atoms with Crippen LogP contribution in [0.4, 0.5) is 11.9 Å². The van der Waals surface area contributed by atoms with Crippen molar-refractivity contribution in [1.82, 2.24) is 15.0 Å². The SMILES string of the molecule is CCCNc1nc(NC)nc(OC)n1. The van der Waals surface area contributed by atoms with Crippen molar-refractivity contribution in [3.63, 3.8) is 0 Å². The van der Waals surface area contributed by atoms with E-state index in [4.69, 9.17) is 4.74 Å². The van der Waals surface area contributed by atoms with Crippen molar-refractivity contribution in [3.8, 4) is 6.01 Å². The van der Waals surface area contributed by atoms with Crippen LogP contribution in [0, 0.1) is 0 Å². The fraction of sp³-hybridized carbons (Fsp3) is 0.625. The second-order valence-corrected chi connectivity index (χ2v) is 2.65. The fourth-order valence-corrected chi connectivity index (χ4v) is 0.875. The lowest BCUT2D eigenvalue weighted by Gasteiger charge is -2.06. The van der Waals surface area contributed by atoms with Gasteiger partial charge in [-0.1, -0.05) is 6.92 Å². The van der Waals surface area contributed by atoms with E-state index < -0.39 is 0 Å². The van der Waals surface area contributed by atoms with Crippen LogP contribution < -0.4 is 15.4 Å². The van der Waals surface area contributed by atoms with Gasteiger partial charge in [-0.25, -0.2) is 0 Å². The van der Waals surface area contributed by atoms with Crippen molar-refractivity contribution < 1.29 is 4.74 Å². The highest BCUT2D eigenvalue weighted by atomic mass is 16.5. The van der Waals surface area contributed by atoms with Crippen LogP contribution >= 0.6 is 0 Å². The minimum atomic E-state index is 0.308. The second kappa shape index (κ2) is 5.21. The van der Waals surface area contributed by atoms with Gasteiger partial charge in [0, 0.05) is 13.6 Å². The summed E-state index contributed by atoms with van der Waals surface area (Å²) < 4.78 is 4.94. The molecule has 0 amide bonds. The van der Waals surface area contributed by atoms with Crippen LogP contribution in [0.2, 0.25) is 0 Å². The third-order valence-electron chi connectivity index (χ3n) is 1.55. The fourth-order valence-electron chi connectivity index (χ4n) is 0.875. The molecule has 0 saturated heterocycles. The molecule has 1 aromatic rings. The second-order valence-electron chi connectivity index (χ2n) is 2.65. The summed E-state index contributed by atoms with van der Waals surface area (Å²) in [6.45, 7) is 2.90. The van der Waals surface area contributed by atoms with Gasteiger partial charge in [0.2, 0.25) is 11.9 Å². The largest absolute Gasteiger partial charge is 0.467 e. The summed E-state index contributed by atoms with van der Waals surface area (Å²) in [6, 6.07) is 0.308. The number of rotatable bonds is 5. The number of ether oxygens (including phenoxy) is 1. The Morgan fingerprint density at radius 1 is 1.21 bits per heavy atom. The van der Waals surface area contributed by atoms with Crippen molar-refractivity contribution >= 4 is 11.9 Å². The molecule has 0 atom stereocenters. The van der Waals surface area contributed by atoms with E-state index in [-0.39, 0.29) is 0 Å². The van der Waals surface area contributed by atoms with Crippen molar-refractivity contribution in [2.24, 2.45) is 0 Å². The Labute approximate surface area is 83.1 Å². The molecule has 0 aliphatic heterocycles. The summed E-state index contributed by atoms with van der Waals surface area (Å²) in [6.07, 6.45) is 1.02. The number of nitrogens with one attached hydrogen (secondary N) is 2. The van der Waals surface area contributed by atoms with Gasteiger partial charge in [0.05, 0.1) is 7.11 Å². The third-order valence-corrected chi connectivity index (χ3v) is 1.55. The topological polar surface area (TPSA) is 72.0 Å². The zero-order valence-electron chi connectivity index (χ0n) is 8.66. The average molecular weight is 197 g/mol. The predicted octanol–water partition coefficient (Wildman–Crippen LogP) is 0.744. The Morgan fingerprint density at radius 2 is 1.93 bits per heavy atom. The van der Waals surface area contributed by atoms with Crippen LogP contribution in [0.15, 0.2) is 0 Å². The van der Waals surface area contributed by atoms with Gasteiger partial charge in [-0.2, -0.15) is 15.0 Å². The summed E-state index contributed by atoms with van der Waals surface area (Å²) in [7, 11) is 3.27. The molecule has 0 aliphatic rings. The molecule has 0 radical (unpaired) electrons. The van der Waals surface area contributed by atoms with Crippen LogP contribution in [-0.2, 0) is 0 Å². The molecule has 2 N–H and O–H groups in total. The molecule has 0 saturated carbocycles. The standard InChI is InChI=1S/C8H15N5O/c1-4-5-10-7-11-6(9-2)12-8(13-7)14-3/h4-5H2,1-3H3,(H2,9,10,11,12,13). The zero-order valence-corrected chi connectivity index (χ0v) is 8.66. The lowest BCUT2D eigenvalue weighted by Crippen LogP contribution is -2.08. The minimum absolute atomic E-state index is 0.308. The predicted molar refractivity (Wildman–Crippen MR) is 54.7 cm³/mol. The molecular formula is C8H15N5O. The van der Waals surface area contributed by atoms with Gasteiger partial charge >= 0.3 is 6.01 Å². The molecule has 0 aromatic carbocycles. The summed E-state index contributed by atoms with van der Waals surface area (Å²) in [5, 5.41) is 5.90. The number of methoxy groups -OCH3 is 1. The molecule has 1 heterocycles. The van der Waals surface area contributed by atoms with Crippen LogP contribution in [0.25, 0.3) is 0 Å². The van der Waals surface area contributed by atoms with Crippen LogP contribution in [-0.4, -0.2) is 35.7 Å². The minimum Gasteiger partial charge on any atom is -0.467 e. The molecule has 6 heteroatoms. The van der Waals surface area contributed by atoms with Gasteiger partial charge in [0.15, 0.2) is 0 Å². The summed E-state index contributed by atoms with van der Waals surface area (Å²) in [5.74, 6) is 1.03. The maximum absolute atomic E-state index is 4.94. The lowest BCUT2D eigenvalue weighted by atomic mass is 10.5. The molecule has 0 aliphatic carbocycles. The first-order valence-corrected chi connectivity index (χ1v) is 4.51. The first kappa shape index (κ1) is 10.5. The molecule has 1 rings (SSSR count). The normalized spacial score (nSPS) is 9.64. The Kier molecular flexibility index (Phi) is 3.90. The monoisotopic (exact) mass is 197 g/mol. The summed E-state index contributed by atoms with van der Waals surface area (Å²) in [5.41, 5.74) is 0. The molecule has 0 spiro atoms. The van der Waals surface area contributed by atoms with Gasteiger partial charge in [-0.05, 0) is 6.42 Å². The molecular weight excluding hydrogens is 182 g/mol. The van der Waals surface area contributed by atoms with Crippen LogP contribution in [0.5, 0.6) is 6.01 Å². The third kappa shape index (κ3) is 2.72. The van der Waals surface area contributed by atoms with Crippen LogP contribution in [0.1, 0.15) is 13.3 Å². The van der Waals surface area contributed by atoms with E-state index in [2.05, 4.69) is 32.5 Å². The van der Waals surface area contributed by atoms with Crippen molar-refractivity contribution in [2.45, 2.75) is 13.3 Å². The summed E-state index contributed by atoms with van der Waals surface area (Å²) in [4.78, 5) is 12.1. The Balaban J connectivity index is 2.81. The Hall–Kier alpha value is -1.59. The lowest BCUT2D eigenvalue weighted by molar-refractivity contribution is 0.379. The van der Waals surface area contributed by atoms with E-state index in [1.807, 2.05) is 0 Å². The van der Waals surface area contributed by atoms with Crippen molar-refractivity contribution in [3.05, 3.63) is 0 Å². The number of hydrogen-bond acceptors (Lipinski definition) is 6. The number of nitrogens with zero attached hydrogens (tertiary/aromatic N) is 3. The molecule has 1 aromatic heterocycles. The molecule has 14 heavy (non-hydrogen) atoms. The van der Waals surface area contributed by atoms with Gasteiger partial charge in [-0.15, -0.1) is 0 Å². The summed E-state index contributed by atoms with van der Waals surface area (Å²) >= 11 is 0. The highest BCUT2D eigenvalue weighted by Gasteiger charge is 2.03. The van der Waals surface area contributed by atoms with E-state index in [0.29, 0.717) is 17.9 Å². The highest BCUT2D eigenvalue weighted by Crippen LogP contribution is 2.09. The number of anilines is 2. The first-order valence-electron chi connectivity index (χ1n) is 4.51. The van der Waals surface area contributed by atoms with E-state index in [0.717, 1.165) is 13.0 Å². The van der Waals surface area contributed by atoms with Crippen molar-refractivity contribution in [1.29, 1.82) is 0 Å². The maximum Gasteiger partial charge on any atom is 0.322 e. The molecule has 0 fully saturated rings.